The molecule has 0 aromatic heterocycles. The normalized spacial score (nSPS) is 17.7. The highest BCUT2D eigenvalue weighted by Crippen LogP contribution is 1.84. The molecular formula is C4H5N3. The zero-order valence-corrected chi connectivity index (χ0v) is 3.65. The SMILES string of the molecule is N=C1C=CNC1=N. The summed E-state index contributed by atoms with van der Waals surface area (Å²) in [6.07, 6.45) is 3.12. The summed E-state index contributed by atoms with van der Waals surface area (Å²) in [6, 6.07) is 0. The van der Waals surface area contributed by atoms with Crippen LogP contribution in [0.15, 0.2) is 12.3 Å². The molecule has 0 amide bonds. The van der Waals surface area contributed by atoms with Gasteiger partial charge in [-0.3, -0.25) is 10.8 Å². The van der Waals surface area contributed by atoms with Gasteiger partial charge >= 0.3 is 0 Å². The Kier molecular flexibility index (Phi) is 0.685. The highest BCUT2D eigenvalue weighted by molar-refractivity contribution is 6.45. The molecule has 0 fully saturated rings. The predicted octanol–water partition coefficient (Wildman–Crippen LogP) is 0.100. The predicted molar refractivity (Wildman–Crippen MR) is 27.7 cm³/mol. The van der Waals surface area contributed by atoms with Crippen molar-refractivity contribution in [1.29, 1.82) is 10.8 Å². The molecule has 1 rings (SSSR count). The van der Waals surface area contributed by atoms with Crippen LogP contribution >= 0.6 is 0 Å². The van der Waals surface area contributed by atoms with E-state index in [4.69, 9.17) is 10.8 Å². The average Bonchev–Trinajstić information content (AvgIpc) is 1.91. The Hall–Kier alpha value is -1.12. The molecule has 0 atom stereocenters. The maximum absolute atomic E-state index is 6.88. The van der Waals surface area contributed by atoms with Crippen molar-refractivity contribution in [2.24, 2.45) is 0 Å². The van der Waals surface area contributed by atoms with Crippen molar-refractivity contribution in [3.05, 3.63) is 12.3 Å². The van der Waals surface area contributed by atoms with Crippen molar-refractivity contribution >= 4 is 11.5 Å². The van der Waals surface area contributed by atoms with Crippen molar-refractivity contribution in [3.8, 4) is 0 Å². The molecule has 36 valence electrons. The Bertz CT molecular complexity index is 145. The minimum absolute atomic E-state index is 0.181. The highest BCUT2D eigenvalue weighted by Gasteiger charge is 2.02. The lowest BCUT2D eigenvalue weighted by Crippen LogP contribution is -2.16. The van der Waals surface area contributed by atoms with E-state index in [2.05, 4.69) is 5.32 Å². The fourth-order valence-corrected chi connectivity index (χ4v) is 0.369. The van der Waals surface area contributed by atoms with Crippen molar-refractivity contribution < 1.29 is 0 Å². The first-order chi connectivity index (χ1) is 3.30. The number of nitrogens with one attached hydrogen (secondary N) is 3. The molecule has 0 saturated carbocycles. The third-order valence-corrected chi connectivity index (χ3v) is 0.747. The lowest BCUT2D eigenvalue weighted by molar-refractivity contribution is 1.28. The molecule has 3 nitrogen and oxygen atoms in total. The monoisotopic (exact) mass is 95.0 g/mol. The van der Waals surface area contributed by atoms with E-state index >= 15 is 0 Å². The third-order valence-electron chi connectivity index (χ3n) is 0.747. The first-order valence-electron chi connectivity index (χ1n) is 1.91. The molecular weight excluding hydrogens is 90.1 g/mol. The molecule has 3 heteroatoms. The van der Waals surface area contributed by atoms with Gasteiger partial charge in [-0.2, -0.15) is 0 Å². The fraction of sp³-hybridized carbons (Fsp3) is 0. The van der Waals surface area contributed by atoms with E-state index in [1.807, 2.05) is 0 Å². The third kappa shape index (κ3) is 0.513. The minimum Gasteiger partial charge on any atom is -0.345 e. The van der Waals surface area contributed by atoms with Crippen LogP contribution in [0.1, 0.15) is 0 Å². The first-order valence-corrected chi connectivity index (χ1v) is 1.91. The van der Waals surface area contributed by atoms with Gasteiger partial charge in [-0.1, -0.05) is 0 Å². The molecule has 0 bridgehead atoms. The van der Waals surface area contributed by atoms with Crippen LogP contribution in [0.3, 0.4) is 0 Å². The van der Waals surface area contributed by atoms with Crippen LogP contribution in [-0.2, 0) is 0 Å². The fourth-order valence-electron chi connectivity index (χ4n) is 0.369. The van der Waals surface area contributed by atoms with Gasteiger partial charge in [0.15, 0.2) is 0 Å². The summed E-state index contributed by atoms with van der Waals surface area (Å²) in [6.45, 7) is 0. The molecule has 1 heterocycles. The van der Waals surface area contributed by atoms with E-state index in [-0.39, 0.29) is 11.5 Å². The smallest absolute Gasteiger partial charge is 0.147 e. The van der Waals surface area contributed by atoms with Crippen molar-refractivity contribution in [2.45, 2.75) is 0 Å². The van der Waals surface area contributed by atoms with Crippen LogP contribution in [-0.4, -0.2) is 11.5 Å². The molecule has 0 aromatic rings. The molecule has 0 aliphatic carbocycles. The van der Waals surface area contributed by atoms with E-state index in [9.17, 15) is 0 Å². The molecule has 7 heavy (non-hydrogen) atoms. The van der Waals surface area contributed by atoms with E-state index in [0.29, 0.717) is 0 Å². The van der Waals surface area contributed by atoms with Crippen LogP contribution in [0.5, 0.6) is 0 Å². The van der Waals surface area contributed by atoms with Crippen LogP contribution in [0.2, 0.25) is 0 Å². The number of rotatable bonds is 0. The van der Waals surface area contributed by atoms with Gasteiger partial charge in [0.2, 0.25) is 0 Å². The summed E-state index contributed by atoms with van der Waals surface area (Å²) in [5, 5.41) is 16.3. The Balaban J connectivity index is 2.81. The largest absolute Gasteiger partial charge is 0.345 e. The van der Waals surface area contributed by atoms with E-state index < -0.39 is 0 Å². The quantitative estimate of drug-likeness (QED) is 0.392. The van der Waals surface area contributed by atoms with Crippen LogP contribution in [0.25, 0.3) is 0 Å². The molecule has 0 aromatic carbocycles. The number of amidine groups is 1. The van der Waals surface area contributed by atoms with Crippen LogP contribution in [0, 0.1) is 10.8 Å². The lowest BCUT2D eigenvalue weighted by Gasteiger charge is -1.86. The second kappa shape index (κ2) is 1.18. The van der Waals surface area contributed by atoms with Gasteiger partial charge in [0.1, 0.15) is 5.84 Å². The molecule has 1 aliphatic heterocycles. The molecule has 1 aliphatic rings. The van der Waals surface area contributed by atoms with Gasteiger partial charge in [0, 0.05) is 6.20 Å². The zero-order chi connectivity index (χ0) is 5.28. The van der Waals surface area contributed by atoms with Gasteiger partial charge in [0.05, 0.1) is 5.71 Å². The molecule has 3 N–H and O–H groups in total. The summed E-state index contributed by atoms with van der Waals surface area (Å²) in [4.78, 5) is 0. The summed E-state index contributed by atoms with van der Waals surface area (Å²) < 4.78 is 0. The van der Waals surface area contributed by atoms with Crippen molar-refractivity contribution in [1.82, 2.24) is 5.32 Å². The first kappa shape index (κ1) is 4.05. The van der Waals surface area contributed by atoms with Crippen LogP contribution in [0.4, 0.5) is 0 Å². The van der Waals surface area contributed by atoms with Crippen LogP contribution < -0.4 is 5.32 Å². The summed E-state index contributed by atoms with van der Waals surface area (Å²) in [7, 11) is 0. The Morgan fingerprint density at radius 1 is 1.43 bits per heavy atom. The highest BCUT2D eigenvalue weighted by atomic mass is 14.9. The molecule has 0 unspecified atom stereocenters. The standard InChI is InChI=1S/C4H5N3/c5-3-1-2-7-4(3)6/h1-2H,(H3,5,6,7). The second-order valence-corrected chi connectivity index (χ2v) is 1.27. The summed E-state index contributed by atoms with van der Waals surface area (Å²) in [5.74, 6) is 0.181. The van der Waals surface area contributed by atoms with E-state index in [0.717, 1.165) is 0 Å². The van der Waals surface area contributed by atoms with Gasteiger partial charge in [-0.05, 0) is 6.08 Å². The van der Waals surface area contributed by atoms with Gasteiger partial charge in [-0.15, -0.1) is 0 Å². The average molecular weight is 95.1 g/mol. The number of hydrogen-bond donors (Lipinski definition) is 3. The van der Waals surface area contributed by atoms with Crippen molar-refractivity contribution in [2.75, 3.05) is 0 Å². The summed E-state index contributed by atoms with van der Waals surface area (Å²) >= 11 is 0. The number of hydrogen-bond acceptors (Lipinski definition) is 2. The second-order valence-electron chi connectivity index (χ2n) is 1.27. The molecule has 0 spiro atoms. The Labute approximate surface area is 41.1 Å². The minimum atomic E-state index is 0.181. The zero-order valence-electron chi connectivity index (χ0n) is 3.65. The summed E-state index contributed by atoms with van der Waals surface area (Å²) in [5.41, 5.74) is 0.250. The molecule has 0 radical (unpaired) electrons. The Morgan fingerprint density at radius 3 is 2.29 bits per heavy atom. The van der Waals surface area contributed by atoms with E-state index in [1.54, 1.807) is 12.3 Å². The molecule has 0 saturated heterocycles. The van der Waals surface area contributed by atoms with Gasteiger partial charge < -0.3 is 5.32 Å². The maximum Gasteiger partial charge on any atom is 0.147 e. The van der Waals surface area contributed by atoms with E-state index in [1.165, 1.54) is 0 Å². The lowest BCUT2D eigenvalue weighted by atomic mass is 10.4. The Morgan fingerprint density at radius 2 is 2.14 bits per heavy atom. The topological polar surface area (TPSA) is 59.7 Å². The van der Waals surface area contributed by atoms with Gasteiger partial charge in [0.25, 0.3) is 0 Å². The van der Waals surface area contributed by atoms with Gasteiger partial charge in [-0.25, -0.2) is 0 Å². The maximum atomic E-state index is 6.88. The van der Waals surface area contributed by atoms with Crippen molar-refractivity contribution in [3.63, 3.8) is 0 Å².